The van der Waals surface area contributed by atoms with E-state index in [1.165, 1.54) is 0 Å². The van der Waals surface area contributed by atoms with Gasteiger partial charge in [-0.05, 0) is 40.8 Å². The van der Waals surface area contributed by atoms with Crippen LogP contribution >= 0.6 is 0 Å². The maximum absolute atomic E-state index is 12.0. The molecule has 0 aliphatic heterocycles. The van der Waals surface area contributed by atoms with Crippen molar-refractivity contribution in [1.82, 2.24) is 5.32 Å². The Morgan fingerprint density at radius 3 is 1.66 bits per heavy atom. The van der Waals surface area contributed by atoms with Gasteiger partial charge in [0.15, 0.2) is 11.5 Å². The summed E-state index contributed by atoms with van der Waals surface area (Å²) in [6.45, 7) is 1.60. The zero-order chi connectivity index (χ0) is 24.1. The van der Waals surface area contributed by atoms with Crippen molar-refractivity contribution >= 4 is 6.09 Å². The van der Waals surface area contributed by atoms with Crippen LogP contribution in [0.3, 0.4) is 0 Å². The smallest absolute Gasteiger partial charge is 0.407 e. The van der Waals surface area contributed by atoms with Crippen LogP contribution in [0, 0.1) is 0 Å². The van der Waals surface area contributed by atoms with Crippen LogP contribution in [0.2, 0.25) is 0 Å². The first-order valence-electron chi connectivity index (χ1n) is 11.7. The molecule has 4 aromatic rings. The van der Waals surface area contributed by atoms with Crippen molar-refractivity contribution < 1.29 is 19.0 Å². The average Bonchev–Trinajstić information content (AvgIpc) is 2.92. The van der Waals surface area contributed by atoms with Crippen molar-refractivity contribution in [2.75, 3.05) is 6.54 Å². The fraction of sp³-hybridized carbons (Fsp3) is 0.167. The number of ether oxygens (including phenoxy) is 3. The molecule has 178 valence electrons. The van der Waals surface area contributed by atoms with Gasteiger partial charge in [0.1, 0.15) is 19.8 Å². The van der Waals surface area contributed by atoms with Gasteiger partial charge >= 0.3 is 6.09 Å². The molecule has 0 aliphatic carbocycles. The van der Waals surface area contributed by atoms with E-state index in [4.69, 9.17) is 14.2 Å². The van der Waals surface area contributed by atoms with Gasteiger partial charge in [0.05, 0.1) is 0 Å². The van der Waals surface area contributed by atoms with Crippen molar-refractivity contribution in [3.63, 3.8) is 0 Å². The Morgan fingerprint density at radius 1 is 0.571 bits per heavy atom. The lowest BCUT2D eigenvalue weighted by molar-refractivity contribution is 0.140. The Kier molecular flexibility index (Phi) is 8.77. The minimum absolute atomic E-state index is 0.248. The van der Waals surface area contributed by atoms with Crippen LogP contribution in [0.15, 0.2) is 109 Å². The van der Waals surface area contributed by atoms with E-state index < -0.39 is 6.09 Å². The molecule has 0 bridgehead atoms. The van der Waals surface area contributed by atoms with Crippen molar-refractivity contribution in [3.8, 4) is 11.5 Å². The zero-order valence-corrected chi connectivity index (χ0v) is 19.6. The van der Waals surface area contributed by atoms with Crippen molar-refractivity contribution in [2.24, 2.45) is 0 Å². The molecule has 1 N–H and O–H groups in total. The third-order valence-electron chi connectivity index (χ3n) is 5.38. The lowest BCUT2D eigenvalue weighted by Crippen LogP contribution is -2.26. The number of alkyl carbamates (subject to hydrolysis) is 1. The van der Waals surface area contributed by atoms with Gasteiger partial charge in [0.2, 0.25) is 0 Å². The third-order valence-corrected chi connectivity index (χ3v) is 5.38. The maximum atomic E-state index is 12.0. The first kappa shape index (κ1) is 23.9. The standard InChI is InChI=1S/C30H29NO4/c32-30(35-23-27-14-8-3-9-15-27)31-19-18-24-16-17-28(33-21-25-10-4-1-5-11-25)29(20-24)34-22-26-12-6-2-7-13-26/h1-17,20H,18-19,21-23H2,(H,31,32). The summed E-state index contributed by atoms with van der Waals surface area (Å²) in [5.41, 5.74) is 4.15. The number of hydrogen-bond acceptors (Lipinski definition) is 4. The van der Waals surface area contributed by atoms with E-state index in [9.17, 15) is 4.79 Å². The zero-order valence-electron chi connectivity index (χ0n) is 19.6. The van der Waals surface area contributed by atoms with Crippen LogP contribution in [-0.4, -0.2) is 12.6 Å². The number of nitrogens with one attached hydrogen (secondary N) is 1. The predicted molar refractivity (Wildman–Crippen MR) is 136 cm³/mol. The summed E-state index contributed by atoms with van der Waals surface area (Å²) in [7, 11) is 0. The fourth-order valence-electron chi connectivity index (χ4n) is 3.49. The van der Waals surface area contributed by atoms with Gasteiger partial charge in [-0.15, -0.1) is 0 Å². The van der Waals surface area contributed by atoms with Gasteiger partial charge in [0, 0.05) is 6.54 Å². The molecular formula is C30H29NO4. The largest absolute Gasteiger partial charge is 0.485 e. The summed E-state index contributed by atoms with van der Waals surface area (Å²) in [5, 5.41) is 2.81. The highest BCUT2D eigenvalue weighted by Crippen LogP contribution is 2.30. The summed E-state index contributed by atoms with van der Waals surface area (Å²) in [6, 6.07) is 35.5. The van der Waals surface area contributed by atoms with Gasteiger partial charge in [-0.1, -0.05) is 97.1 Å². The fourth-order valence-corrected chi connectivity index (χ4v) is 3.49. The number of hydrogen-bond donors (Lipinski definition) is 1. The summed E-state index contributed by atoms with van der Waals surface area (Å²) in [4.78, 5) is 12.0. The minimum atomic E-state index is -0.433. The normalized spacial score (nSPS) is 10.4. The molecule has 4 rings (SSSR count). The maximum Gasteiger partial charge on any atom is 0.407 e. The van der Waals surface area contributed by atoms with Crippen LogP contribution < -0.4 is 14.8 Å². The molecule has 0 saturated carbocycles. The van der Waals surface area contributed by atoms with Gasteiger partial charge in [-0.3, -0.25) is 0 Å². The second-order valence-electron chi connectivity index (χ2n) is 8.07. The Balaban J connectivity index is 1.34. The van der Waals surface area contributed by atoms with E-state index >= 15 is 0 Å². The Hall–Kier alpha value is -4.25. The van der Waals surface area contributed by atoms with Crippen molar-refractivity contribution in [1.29, 1.82) is 0 Å². The number of benzene rings is 4. The van der Waals surface area contributed by atoms with Crippen LogP contribution in [0.5, 0.6) is 11.5 Å². The quantitative estimate of drug-likeness (QED) is 0.281. The molecule has 35 heavy (non-hydrogen) atoms. The minimum Gasteiger partial charge on any atom is -0.485 e. The topological polar surface area (TPSA) is 56.8 Å². The summed E-state index contributed by atoms with van der Waals surface area (Å²) >= 11 is 0. The van der Waals surface area contributed by atoms with Gasteiger partial charge in [0.25, 0.3) is 0 Å². The predicted octanol–water partition coefficient (Wildman–Crippen LogP) is 6.31. The number of rotatable bonds is 11. The van der Waals surface area contributed by atoms with Crippen molar-refractivity contribution in [3.05, 3.63) is 131 Å². The highest BCUT2D eigenvalue weighted by atomic mass is 16.5. The van der Waals surface area contributed by atoms with Gasteiger partial charge in [-0.2, -0.15) is 0 Å². The highest BCUT2D eigenvalue weighted by Gasteiger charge is 2.09. The molecule has 0 radical (unpaired) electrons. The number of carbonyl (C=O) groups excluding carboxylic acids is 1. The molecule has 4 aromatic carbocycles. The van der Waals surface area contributed by atoms with Crippen LogP contribution in [0.4, 0.5) is 4.79 Å². The van der Waals surface area contributed by atoms with Crippen molar-refractivity contribution in [2.45, 2.75) is 26.2 Å². The molecule has 5 nitrogen and oxygen atoms in total. The second kappa shape index (κ2) is 12.8. The SMILES string of the molecule is O=C(NCCc1ccc(OCc2ccccc2)c(OCc2ccccc2)c1)OCc1ccccc1. The lowest BCUT2D eigenvalue weighted by Gasteiger charge is -2.15. The second-order valence-corrected chi connectivity index (χ2v) is 8.07. The first-order chi connectivity index (χ1) is 17.3. The van der Waals surface area contributed by atoms with Crippen LogP contribution in [-0.2, 0) is 31.0 Å². The summed E-state index contributed by atoms with van der Waals surface area (Å²) in [6.07, 6.45) is 0.207. The van der Waals surface area contributed by atoms with Crippen LogP contribution in [0.1, 0.15) is 22.3 Å². The number of amides is 1. The molecule has 0 aromatic heterocycles. The highest BCUT2D eigenvalue weighted by molar-refractivity contribution is 5.67. The van der Waals surface area contributed by atoms with E-state index in [1.54, 1.807) is 0 Å². The molecule has 1 amide bonds. The van der Waals surface area contributed by atoms with E-state index in [0.717, 1.165) is 22.3 Å². The monoisotopic (exact) mass is 467 g/mol. The molecule has 0 spiro atoms. The van der Waals surface area contributed by atoms with E-state index in [-0.39, 0.29) is 6.61 Å². The lowest BCUT2D eigenvalue weighted by atomic mass is 10.1. The van der Waals surface area contributed by atoms with Crippen LogP contribution in [0.25, 0.3) is 0 Å². The average molecular weight is 468 g/mol. The third kappa shape index (κ3) is 7.93. The summed E-state index contributed by atoms with van der Waals surface area (Å²) < 4.78 is 17.5. The first-order valence-corrected chi connectivity index (χ1v) is 11.7. The molecule has 0 unspecified atom stereocenters. The van der Waals surface area contributed by atoms with E-state index in [1.807, 2.05) is 109 Å². The molecule has 0 atom stereocenters. The molecule has 5 heteroatoms. The van der Waals surface area contributed by atoms with E-state index in [0.29, 0.717) is 37.7 Å². The molecular weight excluding hydrogens is 438 g/mol. The summed E-state index contributed by atoms with van der Waals surface area (Å²) in [5.74, 6) is 1.36. The Bertz CT molecular complexity index is 1180. The Morgan fingerprint density at radius 2 is 1.09 bits per heavy atom. The Labute approximate surface area is 206 Å². The number of carbonyl (C=O) groups is 1. The molecule has 0 saturated heterocycles. The molecule has 0 fully saturated rings. The van der Waals surface area contributed by atoms with Gasteiger partial charge in [-0.25, -0.2) is 4.79 Å². The van der Waals surface area contributed by atoms with E-state index in [2.05, 4.69) is 5.32 Å². The molecule has 0 heterocycles. The molecule has 0 aliphatic rings. The van der Waals surface area contributed by atoms with Gasteiger partial charge < -0.3 is 19.5 Å².